The molecule has 4 nitrogen and oxygen atoms in total. The third kappa shape index (κ3) is 11.4. The van der Waals surface area contributed by atoms with Gasteiger partial charge in [0.15, 0.2) is 0 Å². The van der Waals surface area contributed by atoms with Crippen molar-refractivity contribution in [3.63, 3.8) is 0 Å². The number of nitrogens with two attached hydrogens (primary N) is 2. The zero-order chi connectivity index (χ0) is 35.3. The summed E-state index contributed by atoms with van der Waals surface area (Å²) in [6.45, 7) is 16.0. The molecule has 4 N–H and O–H groups in total. The van der Waals surface area contributed by atoms with Gasteiger partial charge in [-0.2, -0.15) is 0 Å². The number of allylic oxidation sites excluding steroid dienone is 2. The quantitative estimate of drug-likeness (QED) is 0.0625. The van der Waals surface area contributed by atoms with Crippen molar-refractivity contribution < 1.29 is 4.79 Å². The molecular formula is C43H79N3OS2. The second-order valence-corrected chi connectivity index (χ2v) is 20.8. The number of nitrogens with zero attached hydrogens (tertiary/aromatic N) is 1. The molecule has 8 atom stereocenters. The molecule has 6 heteroatoms. The van der Waals surface area contributed by atoms with Crippen molar-refractivity contribution >= 4 is 27.5 Å². The molecule has 0 spiro atoms. The molecule has 4 aliphatic rings. The summed E-state index contributed by atoms with van der Waals surface area (Å²) in [5.41, 5.74) is 14.3. The summed E-state index contributed by atoms with van der Waals surface area (Å²) < 4.78 is 0. The van der Waals surface area contributed by atoms with Gasteiger partial charge in [0.2, 0.25) is 5.91 Å². The maximum Gasteiger partial charge on any atom is 0.222 e. The predicted octanol–water partition coefficient (Wildman–Crippen LogP) is 11.4. The molecule has 0 saturated heterocycles. The van der Waals surface area contributed by atoms with Gasteiger partial charge < -0.3 is 16.4 Å². The van der Waals surface area contributed by atoms with Crippen LogP contribution in [0.1, 0.15) is 169 Å². The van der Waals surface area contributed by atoms with Gasteiger partial charge in [-0.3, -0.25) is 4.79 Å². The Bertz CT molecular complexity index is 1000. The molecule has 1 unspecified atom stereocenters. The van der Waals surface area contributed by atoms with Gasteiger partial charge >= 0.3 is 0 Å². The zero-order valence-electron chi connectivity index (χ0n) is 32.8. The van der Waals surface area contributed by atoms with E-state index in [-0.39, 0.29) is 0 Å². The molecule has 49 heavy (non-hydrogen) atoms. The highest BCUT2D eigenvalue weighted by atomic mass is 33.1. The van der Waals surface area contributed by atoms with Gasteiger partial charge in [-0.25, -0.2) is 0 Å². The summed E-state index contributed by atoms with van der Waals surface area (Å²) in [6, 6.07) is 0. The third-order valence-electron chi connectivity index (χ3n) is 14.2. The zero-order valence-corrected chi connectivity index (χ0v) is 34.5. The molecule has 4 rings (SSSR count). The Balaban J connectivity index is 1.16. The van der Waals surface area contributed by atoms with Crippen LogP contribution in [0.5, 0.6) is 0 Å². The lowest BCUT2D eigenvalue weighted by molar-refractivity contribution is -0.131. The van der Waals surface area contributed by atoms with Gasteiger partial charge in [-0.15, -0.1) is 0 Å². The van der Waals surface area contributed by atoms with Crippen LogP contribution < -0.4 is 11.5 Å². The van der Waals surface area contributed by atoms with E-state index in [0.717, 1.165) is 92.5 Å². The van der Waals surface area contributed by atoms with E-state index in [1.165, 1.54) is 102 Å². The summed E-state index contributed by atoms with van der Waals surface area (Å²) in [5.74, 6) is 7.01. The van der Waals surface area contributed by atoms with Gasteiger partial charge in [0.25, 0.3) is 0 Å². The minimum absolute atomic E-state index is 0.343. The van der Waals surface area contributed by atoms with E-state index in [1.54, 1.807) is 0 Å². The van der Waals surface area contributed by atoms with Crippen molar-refractivity contribution in [3.05, 3.63) is 11.6 Å². The average Bonchev–Trinajstić information content (AvgIpc) is 3.44. The number of fused-ring (bicyclic) bond motifs is 5. The van der Waals surface area contributed by atoms with Crippen LogP contribution in [0.3, 0.4) is 0 Å². The fraction of sp³-hybridized carbons (Fsp3) is 0.930. The lowest BCUT2D eigenvalue weighted by Gasteiger charge is -2.58. The summed E-state index contributed by atoms with van der Waals surface area (Å²) in [4.78, 5) is 15.1. The molecule has 0 aromatic heterocycles. The Morgan fingerprint density at radius 1 is 0.837 bits per heavy atom. The van der Waals surface area contributed by atoms with Crippen molar-refractivity contribution in [2.24, 2.45) is 57.8 Å². The van der Waals surface area contributed by atoms with E-state index < -0.39 is 0 Å². The smallest absolute Gasteiger partial charge is 0.222 e. The molecular weight excluding hydrogens is 639 g/mol. The van der Waals surface area contributed by atoms with Crippen LogP contribution in [0, 0.1) is 46.3 Å². The molecule has 0 bridgehead atoms. The number of carbonyl (C=O) groups is 1. The van der Waals surface area contributed by atoms with Crippen LogP contribution in [0.4, 0.5) is 0 Å². The maximum atomic E-state index is 13.0. The van der Waals surface area contributed by atoms with Crippen LogP contribution >= 0.6 is 21.6 Å². The lowest BCUT2D eigenvalue weighted by Crippen LogP contribution is -2.50. The number of hydrogen-bond donors (Lipinski definition) is 2. The maximum absolute atomic E-state index is 13.0. The first kappa shape index (κ1) is 41.6. The van der Waals surface area contributed by atoms with Crippen molar-refractivity contribution in [2.45, 2.75) is 175 Å². The topological polar surface area (TPSA) is 72.3 Å². The summed E-state index contributed by atoms with van der Waals surface area (Å²) in [5, 5.41) is 0.765. The van der Waals surface area contributed by atoms with Crippen LogP contribution in [0.15, 0.2) is 11.6 Å². The van der Waals surface area contributed by atoms with Crippen molar-refractivity contribution in [1.82, 2.24) is 4.90 Å². The Morgan fingerprint density at radius 3 is 2.33 bits per heavy atom. The molecule has 0 aromatic carbocycles. The molecule has 0 heterocycles. The largest absolute Gasteiger partial charge is 0.343 e. The van der Waals surface area contributed by atoms with E-state index in [9.17, 15) is 4.79 Å². The highest BCUT2D eigenvalue weighted by Crippen LogP contribution is 2.67. The molecule has 3 saturated carbocycles. The van der Waals surface area contributed by atoms with E-state index in [4.69, 9.17) is 11.5 Å². The predicted molar refractivity (Wildman–Crippen MR) is 218 cm³/mol. The highest BCUT2D eigenvalue weighted by Gasteiger charge is 2.59. The Morgan fingerprint density at radius 2 is 1.57 bits per heavy atom. The van der Waals surface area contributed by atoms with Crippen LogP contribution in [0.2, 0.25) is 0 Å². The number of amides is 1. The first-order valence-corrected chi connectivity index (χ1v) is 23.7. The van der Waals surface area contributed by atoms with Crippen LogP contribution in [-0.2, 0) is 4.79 Å². The van der Waals surface area contributed by atoms with Crippen molar-refractivity contribution in [2.75, 3.05) is 31.9 Å². The first-order chi connectivity index (χ1) is 23.6. The summed E-state index contributed by atoms with van der Waals surface area (Å²) in [7, 11) is 4.25. The number of carbonyl (C=O) groups excluding carboxylic acids is 1. The summed E-state index contributed by atoms with van der Waals surface area (Å²) in [6.07, 6.45) is 29.4. The Kier molecular flexibility index (Phi) is 17.7. The molecule has 0 radical (unpaired) electrons. The second-order valence-electron chi connectivity index (χ2n) is 18.0. The van der Waals surface area contributed by atoms with Crippen molar-refractivity contribution in [3.8, 4) is 0 Å². The lowest BCUT2D eigenvalue weighted by atomic mass is 9.47. The third-order valence-corrected chi connectivity index (χ3v) is 17.2. The molecule has 1 amide bonds. The van der Waals surface area contributed by atoms with Crippen LogP contribution in [-0.4, -0.2) is 48.0 Å². The number of hydrogen-bond acceptors (Lipinski definition) is 5. The molecule has 0 aliphatic heterocycles. The minimum Gasteiger partial charge on any atom is -0.343 e. The van der Waals surface area contributed by atoms with Gasteiger partial charge in [-0.1, -0.05) is 113 Å². The molecule has 284 valence electrons. The fourth-order valence-corrected chi connectivity index (χ4v) is 14.1. The fourth-order valence-electron chi connectivity index (χ4n) is 11.3. The van der Waals surface area contributed by atoms with Gasteiger partial charge in [0.05, 0.1) is 0 Å². The Labute approximate surface area is 312 Å². The van der Waals surface area contributed by atoms with E-state index >= 15 is 0 Å². The number of unbranched alkanes of at least 4 members (excludes halogenated alkanes) is 6. The minimum atomic E-state index is 0.343. The first-order valence-electron chi connectivity index (χ1n) is 21.3. The van der Waals surface area contributed by atoms with Gasteiger partial charge in [-0.05, 0) is 143 Å². The molecule has 3 fully saturated rings. The monoisotopic (exact) mass is 718 g/mol. The van der Waals surface area contributed by atoms with E-state index in [0.29, 0.717) is 29.7 Å². The van der Waals surface area contributed by atoms with Gasteiger partial charge in [0.1, 0.15) is 0 Å². The van der Waals surface area contributed by atoms with Gasteiger partial charge in [0, 0.05) is 30.5 Å². The number of rotatable bonds is 23. The molecule has 4 aliphatic carbocycles. The normalized spacial score (nSPS) is 31.6. The summed E-state index contributed by atoms with van der Waals surface area (Å²) >= 11 is 0. The average molecular weight is 718 g/mol. The van der Waals surface area contributed by atoms with E-state index in [2.05, 4.69) is 67.2 Å². The van der Waals surface area contributed by atoms with E-state index in [1.807, 2.05) is 5.57 Å². The highest BCUT2D eigenvalue weighted by molar-refractivity contribution is 8.76. The SMILES string of the molecule is CC(C)CCC[C@@H](C)[C@H]1CC[C@H]2[C@@H]3CC=C4C[C@@H](SSCCCCC(=O)N(CCCN)CCCCCCCCN)CC[C@]4(C)C3CC[C@]12C. The standard InChI is InChI=1S/C43H79N3OS2/c1-33(2)16-14-17-34(3)38-21-22-39-37-20-19-35-32-36(23-25-42(35,4)40(37)24-26-43(38,39)5)49-48-31-13-10-18-41(47)46(30-15-28-45)29-12-9-7-6-8-11-27-44/h19,33-34,36-40H,6-18,20-32,44-45H2,1-5H3/t34-,36+,37+,38-,39+,40?,42+,43-/m1/s1. The van der Waals surface area contributed by atoms with Crippen molar-refractivity contribution in [1.29, 1.82) is 0 Å². The Hall–Kier alpha value is -0.170. The second kappa shape index (κ2) is 20.9. The molecule has 0 aromatic rings. The van der Waals surface area contributed by atoms with Crippen LogP contribution in [0.25, 0.3) is 0 Å².